The van der Waals surface area contributed by atoms with Crippen molar-refractivity contribution in [1.29, 1.82) is 0 Å². The summed E-state index contributed by atoms with van der Waals surface area (Å²) in [5.41, 5.74) is 2.07. The van der Waals surface area contributed by atoms with Crippen molar-refractivity contribution in [1.82, 2.24) is 4.90 Å². The van der Waals surface area contributed by atoms with Crippen LogP contribution >= 0.6 is 22.7 Å². The van der Waals surface area contributed by atoms with Gasteiger partial charge in [-0.3, -0.25) is 9.59 Å². The third-order valence-electron chi connectivity index (χ3n) is 5.08. The summed E-state index contributed by atoms with van der Waals surface area (Å²) in [5.74, 6) is 0.425. The molecule has 0 fully saturated rings. The van der Waals surface area contributed by atoms with Crippen molar-refractivity contribution in [3.63, 3.8) is 0 Å². The van der Waals surface area contributed by atoms with Gasteiger partial charge in [-0.1, -0.05) is 26.8 Å². The van der Waals surface area contributed by atoms with E-state index in [-0.39, 0.29) is 17.2 Å². The third kappa shape index (κ3) is 3.71. The molecule has 2 aromatic rings. The first-order chi connectivity index (χ1) is 12.2. The fourth-order valence-corrected chi connectivity index (χ4v) is 5.37. The van der Waals surface area contributed by atoms with Crippen molar-refractivity contribution in [2.75, 3.05) is 19.4 Å². The van der Waals surface area contributed by atoms with Gasteiger partial charge in [-0.05, 0) is 47.6 Å². The number of carbonyl (C=O) groups excluding carboxylic acids is 2. The van der Waals surface area contributed by atoms with Crippen LogP contribution in [0.4, 0.5) is 5.00 Å². The summed E-state index contributed by atoms with van der Waals surface area (Å²) in [4.78, 5) is 28.9. The van der Waals surface area contributed by atoms with E-state index in [0.717, 1.165) is 24.8 Å². The fraction of sp³-hybridized carbons (Fsp3) is 0.500. The molecule has 1 unspecified atom stereocenters. The van der Waals surface area contributed by atoms with Crippen LogP contribution in [-0.2, 0) is 12.8 Å². The predicted octanol–water partition coefficient (Wildman–Crippen LogP) is 4.91. The molecule has 0 saturated carbocycles. The van der Waals surface area contributed by atoms with Crippen LogP contribution in [0.5, 0.6) is 0 Å². The van der Waals surface area contributed by atoms with Crippen molar-refractivity contribution in [2.45, 2.75) is 40.0 Å². The molecule has 3 rings (SSSR count). The number of carbonyl (C=O) groups is 2. The van der Waals surface area contributed by atoms with E-state index >= 15 is 0 Å². The maximum absolute atomic E-state index is 12.8. The highest BCUT2D eigenvalue weighted by Crippen LogP contribution is 2.44. The molecule has 6 heteroatoms. The Morgan fingerprint density at radius 2 is 2.00 bits per heavy atom. The van der Waals surface area contributed by atoms with Gasteiger partial charge in [-0.25, -0.2) is 0 Å². The van der Waals surface area contributed by atoms with Crippen molar-refractivity contribution in [3.8, 4) is 0 Å². The topological polar surface area (TPSA) is 49.4 Å². The number of nitrogens with zero attached hydrogens (tertiary/aromatic N) is 1. The van der Waals surface area contributed by atoms with Crippen molar-refractivity contribution in [2.24, 2.45) is 11.3 Å². The van der Waals surface area contributed by atoms with Gasteiger partial charge >= 0.3 is 0 Å². The molecular formula is C20H26N2O2S2. The lowest BCUT2D eigenvalue weighted by atomic mass is 9.72. The Balaban J connectivity index is 1.97. The van der Waals surface area contributed by atoms with Crippen molar-refractivity contribution in [3.05, 3.63) is 38.4 Å². The molecule has 0 bridgehead atoms. The number of thiophene rings is 2. The van der Waals surface area contributed by atoms with Crippen LogP contribution in [0, 0.1) is 11.3 Å². The molecule has 140 valence electrons. The van der Waals surface area contributed by atoms with Crippen LogP contribution < -0.4 is 5.32 Å². The van der Waals surface area contributed by atoms with Gasteiger partial charge in [-0.2, -0.15) is 0 Å². The van der Waals surface area contributed by atoms with E-state index < -0.39 is 0 Å². The first-order valence-electron chi connectivity index (χ1n) is 8.89. The molecule has 0 radical (unpaired) electrons. The Kier molecular flexibility index (Phi) is 5.26. The average molecular weight is 391 g/mol. The zero-order valence-electron chi connectivity index (χ0n) is 16.0. The molecule has 0 aliphatic heterocycles. The summed E-state index contributed by atoms with van der Waals surface area (Å²) >= 11 is 2.99. The maximum Gasteiger partial charge on any atom is 0.266 e. The zero-order chi connectivity index (χ0) is 19.1. The van der Waals surface area contributed by atoms with E-state index in [4.69, 9.17) is 0 Å². The highest BCUT2D eigenvalue weighted by molar-refractivity contribution is 7.17. The molecule has 2 heterocycles. The second-order valence-electron chi connectivity index (χ2n) is 8.14. The van der Waals surface area contributed by atoms with Gasteiger partial charge in [0, 0.05) is 19.0 Å². The lowest BCUT2D eigenvalue weighted by Gasteiger charge is -2.34. The molecule has 26 heavy (non-hydrogen) atoms. The van der Waals surface area contributed by atoms with Crippen LogP contribution in [0.2, 0.25) is 0 Å². The molecule has 1 aliphatic rings. The Bertz CT molecular complexity index is 814. The number of amides is 2. The molecule has 0 saturated heterocycles. The maximum atomic E-state index is 12.8. The van der Waals surface area contributed by atoms with E-state index in [1.165, 1.54) is 16.2 Å². The monoisotopic (exact) mass is 390 g/mol. The van der Waals surface area contributed by atoms with Gasteiger partial charge in [-0.15, -0.1) is 22.7 Å². The van der Waals surface area contributed by atoms with E-state index in [1.807, 2.05) is 11.4 Å². The second kappa shape index (κ2) is 7.16. The summed E-state index contributed by atoms with van der Waals surface area (Å²) in [6, 6.07) is 3.66. The molecule has 2 aromatic heterocycles. The Hall–Kier alpha value is -1.66. The van der Waals surface area contributed by atoms with Gasteiger partial charge < -0.3 is 10.2 Å². The number of fused-ring (bicyclic) bond motifs is 1. The fourth-order valence-electron chi connectivity index (χ4n) is 3.44. The predicted molar refractivity (Wildman–Crippen MR) is 110 cm³/mol. The number of rotatable bonds is 3. The Labute approximate surface area is 163 Å². The number of anilines is 1. The minimum atomic E-state index is -0.140. The summed E-state index contributed by atoms with van der Waals surface area (Å²) in [6.45, 7) is 6.84. The lowest BCUT2D eigenvalue weighted by molar-refractivity contribution is 0.0827. The first-order valence-corrected chi connectivity index (χ1v) is 10.6. The standard InChI is InChI=1S/C20H26N2O2S2/c1-20(2,3)12-8-9-13-15(11-12)26-18(16(13)19(24)22(4)5)21-17(23)14-7-6-10-25-14/h6-7,10,12H,8-9,11H2,1-5H3,(H,21,23). The quantitative estimate of drug-likeness (QED) is 0.809. The van der Waals surface area contributed by atoms with Gasteiger partial charge in [0.15, 0.2) is 0 Å². The number of hydrogen-bond donors (Lipinski definition) is 1. The van der Waals surface area contributed by atoms with Crippen LogP contribution in [0.25, 0.3) is 0 Å². The molecule has 0 spiro atoms. The Morgan fingerprint density at radius 1 is 1.27 bits per heavy atom. The van der Waals surface area contributed by atoms with Crippen LogP contribution in [0.1, 0.15) is 57.7 Å². The van der Waals surface area contributed by atoms with Gasteiger partial charge in [0.05, 0.1) is 10.4 Å². The van der Waals surface area contributed by atoms with E-state index in [9.17, 15) is 9.59 Å². The van der Waals surface area contributed by atoms with Crippen molar-refractivity contribution >= 4 is 39.5 Å². The van der Waals surface area contributed by atoms with Gasteiger partial charge in [0.2, 0.25) is 0 Å². The highest BCUT2D eigenvalue weighted by atomic mass is 32.1. The molecule has 0 aromatic carbocycles. The minimum Gasteiger partial charge on any atom is -0.345 e. The number of hydrogen-bond acceptors (Lipinski definition) is 4. The molecule has 1 atom stereocenters. The average Bonchev–Trinajstić information content (AvgIpc) is 3.20. The number of nitrogens with one attached hydrogen (secondary N) is 1. The summed E-state index contributed by atoms with van der Waals surface area (Å²) in [6.07, 6.45) is 2.96. The molecular weight excluding hydrogens is 364 g/mol. The first kappa shape index (κ1) is 19.1. The lowest BCUT2D eigenvalue weighted by Crippen LogP contribution is -2.28. The SMILES string of the molecule is CN(C)C(=O)c1c(NC(=O)c2cccs2)sc2c1CCC(C(C)(C)C)C2. The molecule has 1 N–H and O–H groups in total. The molecule has 2 amide bonds. The minimum absolute atomic E-state index is 0.0295. The van der Waals surface area contributed by atoms with E-state index in [1.54, 1.807) is 36.4 Å². The molecule has 4 nitrogen and oxygen atoms in total. The zero-order valence-corrected chi connectivity index (χ0v) is 17.6. The smallest absolute Gasteiger partial charge is 0.266 e. The van der Waals surface area contributed by atoms with E-state index in [0.29, 0.717) is 21.4 Å². The van der Waals surface area contributed by atoms with Crippen LogP contribution in [0.3, 0.4) is 0 Å². The van der Waals surface area contributed by atoms with Gasteiger partial charge in [0.25, 0.3) is 11.8 Å². The summed E-state index contributed by atoms with van der Waals surface area (Å²) in [7, 11) is 3.52. The second-order valence-corrected chi connectivity index (χ2v) is 10.2. The van der Waals surface area contributed by atoms with E-state index in [2.05, 4.69) is 26.1 Å². The van der Waals surface area contributed by atoms with Gasteiger partial charge in [0.1, 0.15) is 5.00 Å². The Morgan fingerprint density at radius 3 is 2.58 bits per heavy atom. The summed E-state index contributed by atoms with van der Waals surface area (Å²) < 4.78 is 0. The van der Waals surface area contributed by atoms with Crippen LogP contribution in [-0.4, -0.2) is 30.8 Å². The highest BCUT2D eigenvalue weighted by Gasteiger charge is 2.34. The summed E-state index contributed by atoms with van der Waals surface area (Å²) in [5, 5.41) is 5.58. The van der Waals surface area contributed by atoms with Crippen molar-refractivity contribution < 1.29 is 9.59 Å². The normalized spacial score (nSPS) is 16.9. The van der Waals surface area contributed by atoms with Crippen LogP contribution in [0.15, 0.2) is 17.5 Å². The largest absolute Gasteiger partial charge is 0.345 e. The third-order valence-corrected chi connectivity index (χ3v) is 7.12. The molecule has 1 aliphatic carbocycles.